The molecule has 0 bridgehead atoms. The Morgan fingerprint density at radius 1 is 1.10 bits per heavy atom. The lowest BCUT2D eigenvalue weighted by Gasteiger charge is -2.24. The number of hydrogen-bond acceptors (Lipinski definition) is 3. The number of hydrogen-bond donors (Lipinski definition) is 2. The van der Waals surface area contributed by atoms with E-state index in [0.717, 1.165) is 12.0 Å². The Morgan fingerprint density at radius 3 is 2.50 bits per heavy atom. The molecule has 2 atom stereocenters. The second-order valence-corrected chi connectivity index (χ2v) is 5.95. The molecule has 2 rings (SSSR count). The third-order valence-electron chi connectivity index (χ3n) is 4.17. The molecule has 1 fully saturated rings. The minimum atomic E-state index is -0.346. The number of benzene rings is 1. The Hall–Kier alpha value is -0.900. The summed E-state index contributed by atoms with van der Waals surface area (Å²) in [6, 6.07) is 9.84. The SMILES string of the molecule is NC(COCC(O)CC1CCCCC1)c1ccccc1. The molecule has 0 spiro atoms. The largest absolute Gasteiger partial charge is 0.391 e. The molecule has 112 valence electrons. The van der Waals surface area contributed by atoms with Crippen LogP contribution in [0.5, 0.6) is 0 Å². The summed E-state index contributed by atoms with van der Waals surface area (Å²) in [5, 5.41) is 10.0. The van der Waals surface area contributed by atoms with Crippen molar-refractivity contribution in [3.05, 3.63) is 35.9 Å². The molecule has 3 N–H and O–H groups in total. The molecule has 1 aromatic rings. The van der Waals surface area contributed by atoms with Crippen LogP contribution in [-0.2, 0) is 4.74 Å². The van der Waals surface area contributed by atoms with Crippen LogP contribution in [0.15, 0.2) is 30.3 Å². The molecule has 0 aromatic heterocycles. The molecule has 0 heterocycles. The van der Waals surface area contributed by atoms with E-state index >= 15 is 0 Å². The fraction of sp³-hybridized carbons (Fsp3) is 0.647. The van der Waals surface area contributed by atoms with E-state index in [1.807, 2.05) is 30.3 Å². The molecule has 3 heteroatoms. The van der Waals surface area contributed by atoms with E-state index in [2.05, 4.69) is 0 Å². The number of aliphatic hydroxyl groups excluding tert-OH is 1. The molecule has 0 amide bonds. The van der Waals surface area contributed by atoms with Crippen molar-refractivity contribution in [1.29, 1.82) is 0 Å². The second kappa shape index (κ2) is 8.40. The minimum Gasteiger partial charge on any atom is -0.391 e. The third kappa shape index (κ3) is 5.23. The molecule has 0 saturated heterocycles. The zero-order valence-electron chi connectivity index (χ0n) is 12.2. The van der Waals surface area contributed by atoms with Crippen LogP contribution in [0, 0.1) is 5.92 Å². The highest BCUT2D eigenvalue weighted by Gasteiger charge is 2.17. The van der Waals surface area contributed by atoms with Crippen molar-refractivity contribution in [3.8, 4) is 0 Å². The first-order valence-corrected chi connectivity index (χ1v) is 7.82. The zero-order valence-corrected chi connectivity index (χ0v) is 12.2. The lowest BCUT2D eigenvalue weighted by molar-refractivity contribution is 0.0162. The molecule has 0 aliphatic heterocycles. The van der Waals surface area contributed by atoms with E-state index in [1.54, 1.807) is 0 Å². The maximum atomic E-state index is 10.0. The van der Waals surface area contributed by atoms with Crippen LogP contribution in [0.25, 0.3) is 0 Å². The van der Waals surface area contributed by atoms with E-state index in [9.17, 15) is 5.11 Å². The quantitative estimate of drug-likeness (QED) is 0.805. The van der Waals surface area contributed by atoms with Crippen LogP contribution in [0.2, 0.25) is 0 Å². The predicted octanol–water partition coefficient (Wildman–Crippen LogP) is 3.03. The Morgan fingerprint density at radius 2 is 1.80 bits per heavy atom. The van der Waals surface area contributed by atoms with Crippen LogP contribution in [-0.4, -0.2) is 24.4 Å². The van der Waals surface area contributed by atoms with Crippen LogP contribution >= 0.6 is 0 Å². The molecule has 2 unspecified atom stereocenters. The normalized spacial score (nSPS) is 19.7. The van der Waals surface area contributed by atoms with Gasteiger partial charge in [-0.15, -0.1) is 0 Å². The van der Waals surface area contributed by atoms with Crippen molar-refractivity contribution in [2.75, 3.05) is 13.2 Å². The summed E-state index contributed by atoms with van der Waals surface area (Å²) in [6.07, 6.45) is 7.05. The Labute approximate surface area is 122 Å². The fourth-order valence-electron chi connectivity index (χ4n) is 3.00. The van der Waals surface area contributed by atoms with Gasteiger partial charge in [-0.25, -0.2) is 0 Å². The summed E-state index contributed by atoms with van der Waals surface area (Å²) in [5.41, 5.74) is 7.14. The van der Waals surface area contributed by atoms with E-state index < -0.39 is 0 Å². The van der Waals surface area contributed by atoms with Gasteiger partial charge in [0.1, 0.15) is 0 Å². The average molecular weight is 277 g/mol. The van der Waals surface area contributed by atoms with Crippen LogP contribution < -0.4 is 5.73 Å². The summed E-state index contributed by atoms with van der Waals surface area (Å²) < 4.78 is 5.58. The molecule has 1 aromatic carbocycles. The van der Waals surface area contributed by atoms with Gasteiger partial charge in [-0.2, -0.15) is 0 Å². The van der Waals surface area contributed by atoms with Gasteiger partial charge in [0.25, 0.3) is 0 Å². The van der Waals surface area contributed by atoms with Crippen molar-refractivity contribution >= 4 is 0 Å². The first kappa shape index (κ1) is 15.5. The lowest BCUT2D eigenvalue weighted by atomic mass is 9.85. The van der Waals surface area contributed by atoms with Crippen molar-refractivity contribution in [2.24, 2.45) is 11.7 Å². The van der Waals surface area contributed by atoms with Crippen LogP contribution in [0.4, 0.5) is 0 Å². The zero-order chi connectivity index (χ0) is 14.2. The van der Waals surface area contributed by atoms with Crippen molar-refractivity contribution < 1.29 is 9.84 Å². The van der Waals surface area contributed by atoms with Gasteiger partial charge in [0.15, 0.2) is 0 Å². The van der Waals surface area contributed by atoms with Crippen molar-refractivity contribution in [2.45, 2.75) is 50.7 Å². The second-order valence-electron chi connectivity index (χ2n) is 5.95. The number of aliphatic hydroxyl groups is 1. The Balaban J connectivity index is 1.62. The van der Waals surface area contributed by atoms with Crippen molar-refractivity contribution in [1.82, 2.24) is 0 Å². The summed E-state index contributed by atoms with van der Waals surface area (Å²) in [4.78, 5) is 0. The topological polar surface area (TPSA) is 55.5 Å². The summed E-state index contributed by atoms with van der Waals surface area (Å²) in [7, 11) is 0. The van der Waals surface area contributed by atoms with E-state index in [1.165, 1.54) is 32.1 Å². The summed E-state index contributed by atoms with van der Waals surface area (Å²) >= 11 is 0. The first-order valence-electron chi connectivity index (χ1n) is 7.82. The minimum absolute atomic E-state index is 0.113. The van der Waals surface area contributed by atoms with E-state index in [-0.39, 0.29) is 12.1 Å². The Kier molecular flexibility index (Phi) is 6.51. The molecule has 0 radical (unpaired) electrons. The summed E-state index contributed by atoms with van der Waals surface area (Å²) in [6.45, 7) is 0.864. The van der Waals surface area contributed by atoms with Gasteiger partial charge >= 0.3 is 0 Å². The Bertz CT molecular complexity index is 363. The average Bonchev–Trinajstić information content (AvgIpc) is 2.49. The molecule has 1 saturated carbocycles. The molecule has 3 nitrogen and oxygen atoms in total. The smallest absolute Gasteiger partial charge is 0.0776 e. The number of rotatable bonds is 7. The standard InChI is InChI=1S/C17H27NO2/c18-17(15-9-5-2-6-10-15)13-20-12-16(19)11-14-7-3-1-4-8-14/h2,5-6,9-10,14,16-17,19H,1,3-4,7-8,11-13,18H2. The van der Waals surface area contributed by atoms with Crippen molar-refractivity contribution in [3.63, 3.8) is 0 Å². The summed E-state index contributed by atoms with van der Waals surface area (Å²) in [5.74, 6) is 0.685. The van der Waals surface area contributed by atoms with Gasteiger partial charge < -0.3 is 15.6 Å². The predicted molar refractivity (Wildman–Crippen MR) is 81.4 cm³/mol. The highest BCUT2D eigenvalue weighted by atomic mass is 16.5. The number of ether oxygens (including phenoxy) is 1. The van der Waals surface area contributed by atoms with Gasteiger partial charge in [0.2, 0.25) is 0 Å². The molecule has 1 aliphatic rings. The number of nitrogens with two attached hydrogens (primary N) is 1. The van der Waals surface area contributed by atoms with Gasteiger partial charge in [0.05, 0.1) is 25.4 Å². The third-order valence-corrected chi connectivity index (χ3v) is 4.17. The fourth-order valence-corrected chi connectivity index (χ4v) is 3.00. The first-order chi connectivity index (χ1) is 9.75. The van der Waals surface area contributed by atoms with Crippen LogP contribution in [0.1, 0.15) is 50.1 Å². The monoisotopic (exact) mass is 277 g/mol. The van der Waals surface area contributed by atoms with E-state index in [4.69, 9.17) is 10.5 Å². The lowest BCUT2D eigenvalue weighted by Crippen LogP contribution is -2.24. The maximum Gasteiger partial charge on any atom is 0.0776 e. The molecule has 20 heavy (non-hydrogen) atoms. The van der Waals surface area contributed by atoms with E-state index in [0.29, 0.717) is 19.1 Å². The highest BCUT2D eigenvalue weighted by Crippen LogP contribution is 2.27. The maximum absolute atomic E-state index is 10.0. The highest BCUT2D eigenvalue weighted by molar-refractivity contribution is 5.18. The molecular weight excluding hydrogens is 250 g/mol. The van der Waals surface area contributed by atoms with Gasteiger partial charge in [-0.3, -0.25) is 0 Å². The molecular formula is C17H27NO2. The van der Waals surface area contributed by atoms with Gasteiger partial charge in [-0.05, 0) is 17.9 Å². The van der Waals surface area contributed by atoms with Gasteiger partial charge in [-0.1, -0.05) is 62.4 Å². The van der Waals surface area contributed by atoms with Gasteiger partial charge in [0, 0.05) is 0 Å². The molecule has 1 aliphatic carbocycles. The van der Waals surface area contributed by atoms with Crippen LogP contribution in [0.3, 0.4) is 0 Å².